The topological polar surface area (TPSA) is 81.7 Å². The summed E-state index contributed by atoms with van der Waals surface area (Å²) in [4.78, 5) is 36.8. The number of benzene rings is 2. The van der Waals surface area contributed by atoms with E-state index in [0.29, 0.717) is 17.2 Å². The van der Waals surface area contributed by atoms with E-state index < -0.39 is 18.4 Å². The summed E-state index contributed by atoms with van der Waals surface area (Å²) in [6.07, 6.45) is 1.01. The van der Waals surface area contributed by atoms with Crippen molar-refractivity contribution in [2.45, 2.75) is 26.2 Å². The van der Waals surface area contributed by atoms with Crippen LogP contribution in [-0.2, 0) is 19.1 Å². The first-order chi connectivity index (χ1) is 14.0. The molecule has 1 atom stereocenters. The molecule has 3 rings (SSSR count). The van der Waals surface area contributed by atoms with Crippen molar-refractivity contribution in [1.82, 2.24) is 0 Å². The van der Waals surface area contributed by atoms with Crippen molar-refractivity contribution in [3.05, 3.63) is 77.2 Å². The van der Waals surface area contributed by atoms with E-state index in [1.807, 2.05) is 30.3 Å². The van der Waals surface area contributed by atoms with Gasteiger partial charge in [-0.05, 0) is 30.0 Å². The van der Waals surface area contributed by atoms with Crippen molar-refractivity contribution in [2.24, 2.45) is 0 Å². The third kappa shape index (κ3) is 4.90. The van der Waals surface area contributed by atoms with Gasteiger partial charge >= 0.3 is 5.97 Å². The lowest BCUT2D eigenvalue weighted by Crippen LogP contribution is -2.20. The maximum Gasteiger partial charge on any atom is 0.347 e. The molecule has 1 aliphatic heterocycles. The molecule has 6 heteroatoms. The van der Waals surface area contributed by atoms with Crippen LogP contribution in [0.4, 0.5) is 5.69 Å². The van der Waals surface area contributed by atoms with E-state index in [4.69, 9.17) is 9.47 Å². The van der Waals surface area contributed by atoms with Crippen molar-refractivity contribution in [3.63, 3.8) is 0 Å². The zero-order chi connectivity index (χ0) is 20.8. The highest BCUT2D eigenvalue weighted by atomic mass is 16.5. The maximum atomic E-state index is 12.4. The summed E-state index contributed by atoms with van der Waals surface area (Å²) in [6.45, 7) is 3.53. The number of hydrogen-bond acceptors (Lipinski definition) is 6. The largest absolute Gasteiger partial charge is 0.470 e. The first-order valence-electron chi connectivity index (χ1n) is 9.52. The number of nitrogens with one attached hydrogen (secondary N) is 1. The van der Waals surface area contributed by atoms with Gasteiger partial charge in [-0.2, -0.15) is 0 Å². The standard InChI is InChI=1S/C23H23NO5/c1-3-15(2)16-9-11-17(12-10-16)19(25)13-29-23(27)21-20(26)14-28-22(21)24-18-7-5-4-6-8-18/h4-12,15,24H,3,13-14H2,1-2H3. The molecule has 0 radical (unpaired) electrons. The molecule has 150 valence electrons. The Kier molecular flexibility index (Phi) is 6.44. The number of carbonyl (C=O) groups excluding carboxylic acids is 3. The molecular formula is C23H23NO5. The molecule has 0 bridgehead atoms. The van der Waals surface area contributed by atoms with Gasteiger partial charge in [0.1, 0.15) is 0 Å². The van der Waals surface area contributed by atoms with Crippen LogP contribution in [-0.4, -0.2) is 30.7 Å². The second-order valence-electron chi connectivity index (χ2n) is 6.84. The Labute approximate surface area is 169 Å². The van der Waals surface area contributed by atoms with Crippen molar-refractivity contribution in [2.75, 3.05) is 18.5 Å². The number of hydrogen-bond donors (Lipinski definition) is 1. The molecule has 1 unspecified atom stereocenters. The van der Waals surface area contributed by atoms with E-state index in [-0.39, 0.29) is 23.8 Å². The smallest absolute Gasteiger partial charge is 0.347 e. The quantitative estimate of drug-likeness (QED) is 0.417. The van der Waals surface area contributed by atoms with Crippen LogP contribution in [0.5, 0.6) is 0 Å². The highest BCUT2D eigenvalue weighted by Crippen LogP contribution is 2.21. The van der Waals surface area contributed by atoms with Crippen molar-refractivity contribution >= 4 is 23.2 Å². The Hall–Kier alpha value is -3.41. The Morgan fingerprint density at radius 2 is 1.79 bits per heavy atom. The second kappa shape index (κ2) is 9.19. The lowest BCUT2D eigenvalue weighted by atomic mass is 9.97. The molecule has 6 nitrogen and oxygen atoms in total. The number of carbonyl (C=O) groups is 3. The first-order valence-corrected chi connectivity index (χ1v) is 9.52. The second-order valence-corrected chi connectivity index (χ2v) is 6.84. The summed E-state index contributed by atoms with van der Waals surface area (Å²) in [7, 11) is 0. The van der Waals surface area contributed by atoms with Gasteiger partial charge in [0.25, 0.3) is 0 Å². The highest BCUT2D eigenvalue weighted by Gasteiger charge is 2.32. The highest BCUT2D eigenvalue weighted by molar-refractivity contribution is 6.20. The van der Waals surface area contributed by atoms with E-state index in [1.165, 1.54) is 0 Å². The Morgan fingerprint density at radius 1 is 1.10 bits per heavy atom. The molecule has 0 spiro atoms. The Balaban J connectivity index is 1.64. The number of ketones is 2. The summed E-state index contributed by atoms with van der Waals surface area (Å²) >= 11 is 0. The molecule has 2 aromatic carbocycles. The summed E-state index contributed by atoms with van der Waals surface area (Å²) in [5.41, 5.74) is 2.06. The lowest BCUT2D eigenvalue weighted by Gasteiger charge is -2.10. The van der Waals surface area contributed by atoms with Crippen LogP contribution in [0.1, 0.15) is 42.1 Å². The molecule has 1 aliphatic rings. The van der Waals surface area contributed by atoms with Gasteiger partial charge in [-0.3, -0.25) is 9.59 Å². The van der Waals surface area contributed by atoms with E-state index in [1.54, 1.807) is 24.3 Å². The van der Waals surface area contributed by atoms with Gasteiger partial charge in [0, 0.05) is 11.3 Å². The summed E-state index contributed by atoms with van der Waals surface area (Å²) in [6, 6.07) is 16.3. The minimum absolute atomic E-state index is 0.0385. The zero-order valence-corrected chi connectivity index (χ0v) is 16.4. The number of anilines is 1. The van der Waals surface area contributed by atoms with Crippen molar-refractivity contribution in [1.29, 1.82) is 0 Å². The molecular weight excluding hydrogens is 370 g/mol. The molecule has 0 aromatic heterocycles. The van der Waals surface area contributed by atoms with Crippen LogP contribution in [0, 0.1) is 0 Å². The van der Waals surface area contributed by atoms with E-state index in [9.17, 15) is 14.4 Å². The monoisotopic (exact) mass is 393 g/mol. The molecule has 0 amide bonds. The van der Waals surface area contributed by atoms with Gasteiger partial charge in [0.15, 0.2) is 24.6 Å². The molecule has 29 heavy (non-hydrogen) atoms. The van der Waals surface area contributed by atoms with Crippen molar-refractivity contribution in [3.8, 4) is 0 Å². The van der Waals surface area contributed by atoms with Gasteiger partial charge in [-0.15, -0.1) is 0 Å². The van der Waals surface area contributed by atoms with Gasteiger partial charge < -0.3 is 14.8 Å². The fourth-order valence-corrected chi connectivity index (χ4v) is 2.89. The van der Waals surface area contributed by atoms with Crippen LogP contribution in [0.3, 0.4) is 0 Å². The number of esters is 1. The van der Waals surface area contributed by atoms with Crippen LogP contribution >= 0.6 is 0 Å². The minimum atomic E-state index is -0.879. The fraction of sp³-hybridized carbons (Fsp3) is 0.261. The summed E-state index contributed by atoms with van der Waals surface area (Å²) in [5.74, 6) is -1.25. The van der Waals surface area contributed by atoms with Crippen LogP contribution in [0.2, 0.25) is 0 Å². The Morgan fingerprint density at radius 3 is 2.45 bits per heavy atom. The molecule has 1 heterocycles. The number of Topliss-reactive ketones (excluding diaryl/α,β-unsaturated/α-hetero) is 2. The van der Waals surface area contributed by atoms with Crippen LogP contribution in [0.15, 0.2) is 66.1 Å². The predicted molar refractivity (Wildman–Crippen MR) is 108 cm³/mol. The van der Waals surface area contributed by atoms with E-state index >= 15 is 0 Å². The third-order valence-electron chi connectivity index (χ3n) is 4.84. The summed E-state index contributed by atoms with van der Waals surface area (Å²) in [5, 5.41) is 2.89. The molecule has 1 N–H and O–H groups in total. The molecule has 0 aliphatic carbocycles. The summed E-state index contributed by atoms with van der Waals surface area (Å²) < 4.78 is 10.4. The van der Waals surface area contributed by atoms with Crippen molar-refractivity contribution < 1.29 is 23.9 Å². The molecule has 2 aromatic rings. The maximum absolute atomic E-state index is 12.4. The number of para-hydroxylation sites is 1. The third-order valence-corrected chi connectivity index (χ3v) is 4.84. The molecule has 0 saturated heterocycles. The first kappa shape index (κ1) is 20.3. The van der Waals surface area contributed by atoms with E-state index in [2.05, 4.69) is 19.2 Å². The minimum Gasteiger partial charge on any atom is -0.470 e. The van der Waals surface area contributed by atoms with Crippen LogP contribution < -0.4 is 5.32 Å². The van der Waals surface area contributed by atoms with Gasteiger partial charge in [-0.1, -0.05) is 56.3 Å². The van der Waals surface area contributed by atoms with Gasteiger partial charge in [0.05, 0.1) is 0 Å². The average Bonchev–Trinajstić information content (AvgIpc) is 3.12. The van der Waals surface area contributed by atoms with Crippen LogP contribution in [0.25, 0.3) is 0 Å². The van der Waals surface area contributed by atoms with E-state index in [0.717, 1.165) is 12.0 Å². The normalized spacial score (nSPS) is 14.3. The van der Waals surface area contributed by atoms with Gasteiger partial charge in [-0.25, -0.2) is 4.79 Å². The SMILES string of the molecule is CCC(C)c1ccc(C(=O)COC(=O)C2=C(Nc3ccccc3)OCC2=O)cc1. The Bertz CT molecular complexity index is 932. The number of rotatable bonds is 8. The predicted octanol–water partition coefficient (Wildman–Crippen LogP) is 3.85. The molecule has 0 fully saturated rings. The fourth-order valence-electron chi connectivity index (χ4n) is 2.89. The average molecular weight is 393 g/mol. The number of ether oxygens (including phenoxy) is 2. The molecule has 0 saturated carbocycles. The lowest BCUT2D eigenvalue weighted by molar-refractivity contribution is -0.139. The zero-order valence-electron chi connectivity index (χ0n) is 16.4. The van der Waals surface area contributed by atoms with Gasteiger partial charge in [0.2, 0.25) is 11.7 Å².